The maximum atomic E-state index is 17.4. The molecule has 6 heterocycles. The Hall–Kier alpha value is -4.03. The number of amides is 1. The van der Waals surface area contributed by atoms with Crippen molar-refractivity contribution in [2.24, 2.45) is 5.92 Å². The van der Waals surface area contributed by atoms with Crippen molar-refractivity contribution in [2.45, 2.75) is 68.8 Å². The molecule has 4 fully saturated rings. The van der Waals surface area contributed by atoms with Gasteiger partial charge in [0.1, 0.15) is 40.9 Å². The average molecular weight is 722 g/mol. The molecule has 1 amide bonds. The second-order valence-electron chi connectivity index (χ2n) is 14.3. The van der Waals surface area contributed by atoms with E-state index in [1.165, 1.54) is 12.1 Å². The summed E-state index contributed by atoms with van der Waals surface area (Å²) in [6.45, 7) is 5.21. The van der Waals surface area contributed by atoms with Gasteiger partial charge in [-0.25, -0.2) is 8.78 Å². The van der Waals surface area contributed by atoms with Crippen LogP contribution in [0.2, 0.25) is 5.02 Å². The summed E-state index contributed by atoms with van der Waals surface area (Å²) in [4.78, 5) is 25.5. The molecule has 11 nitrogen and oxygen atoms in total. The van der Waals surface area contributed by atoms with E-state index < -0.39 is 17.7 Å². The third-order valence-electron chi connectivity index (χ3n) is 11.3. The summed E-state index contributed by atoms with van der Waals surface area (Å²) in [6, 6.07) is 4.33. The van der Waals surface area contributed by atoms with E-state index in [1.54, 1.807) is 0 Å². The van der Waals surface area contributed by atoms with Crippen molar-refractivity contribution in [3.8, 4) is 29.0 Å². The fourth-order valence-corrected chi connectivity index (χ4v) is 10.3. The molecular formula is C35H34ClF2N7O4S. The number of benzene rings is 2. The second kappa shape index (κ2) is 11.8. The van der Waals surface area contributed by atoms with E-state index >= 15 is 8.78 Å². The summed E-state index contributed by atoms with van der Waals surface area (Å²) in [5.41, 5.74) is 6.10. The summed E-state index contributed by atoms with van der Waals surface area (Å²) in [5, 5.41) is 13.4. The number of nitrogens with one attached hydrogen (secondary N) is 1. The number of nitrogens with zero attached hydrogens (tertiary/aromatic N) is 5. The third-order valence-corrected chi connectivity index (χ3v) is 12.7. The molecule has 1 saturated carbocycles. The van der Waals surface area contributed by atoms with E-state index in [9.17, 15) is 10.1 Å². The number of nitrogens with two attached hydrogens (primary N) is 1. The lowest BCUT2D eigenvalue weighted by Crippen LogP contribution is -2.58. The van der Waals surface area contributed by atoms with Crippen molar-refractivity contribution >= 4 is 61.2 Å². The van der Waals surface area contributed by atoms with Crippen molar-refractivity contribution in [3.63, 3.8) is 0 Å². The summed E-state index contributed by atoms with van der Waals surface area (Å²) in [7, 11) is 0. The molecular weight excluding hydrogens is 688 g/mol. The number of carbonyl (C=O) groups is 1. The Morgan fingerprint density at radius 1 is 1.28 bits per heavy atom. The molecule has 4 aliphatic heterocycles. The lowest BCUT2D eigenvalue weighted by atomic mass is 9.84. The van der Waals surface area contributed by atoms with Gasteiger partial charge in [-0.3, -0.25) is 9.69 Å². The zero-order valence-corrected chi connectivity index (χ0v) is 28.8. The fraction of sp³-hybridized carbons (Fsp3) is 0.486. The van der Waals surface area contributed by atoms with Gasteiger partial charge < -0.3 is 30.2 Å². The van der Waals surface area contributed by atoms with Crippen LogP contribution in [0, 0.1) is 28.9 Å². The van der Waals surface area contributed by atoms with Crippen molar-refractivity contribution in [3.05, 3.63) is 34.4 Å². The molecule has 3 saturated heterocycles. The van der Waals surface area contributed by atoms with E-state index in [2.05, 4.69) is 28.1 Å². The largest absolute Gasteiger partial charge is 0.483 e. The number of halogens is 3. The Morgan fingerprint density at radius 2 is 2.12 bits per heavy atom. The van der Waals surface area contributed by atoms with Gasteiger partial charge in [0.25, 0.3) is 0 Å². The van der Waals surface area contributed by atoms with Crippen molar-refractivity contribution in [2.75, 3.05) is 43.5 Å². The molecule has 0 bridgehead atoms. The molecule has 3 N–H and O–H groups in total. The van der Waals surface area contributed by atoms with Crippen LogP contribution in [-0.2, 0) is 9.53 Å². The van der Waals surface area contributed by atoms with Crippen LogP contribution < -0.4 is 25.4 Å². The van der Waals surface area contributed by atoms with Crippen LogP contribution in [0.4, 0.5) is 19.6 Å². The summed E-state index contributed by atoms with van der Waals surface area (Å²) < 4.78 is 51.7. The maximum absolute atomic E-state index is 17.4. The molecule has 260 valence electrons. The highest BCUT2D eigenvalue weighted by Gasteiger charge is 2.49. The smallest absolute Gasteiger partial charge is 0.319 e. The lowest BCUT2D eigenvalue weighted by Gasteiger charge is -2.46. The van der Waals surface area contributed by atoms with Crippen LogP contribution in [0.5, 0.6) is 11.8 Å². The molecule has 15 heteroatoms. The van der Waals surface area contributed by atoms with E-state index in [1.807, 2.05) is 0 Å². The zero-order chi connectivity index (χ0) is 34.5. The van der Waals surface area contributed by atoms with E-state index in [4.69, 9.17) is 41.5 Å². The summed E-state index contributed by atoms with van der Waals surface area (Å²) in [5.74, 6) is -0.239. The van der Waals surface area contributed by atoms with Crippen molar-refractivity contribution < 1.29 is 27.8 Å². The predicted octanol–water partition coefficient (Wildman–Crippen LogP) is 5.39. The number of nitrogen functional groups attached to an aromatic ring is 1. The van der Waals surface area contributed by atoms with Gasteiger partial charge in [-0.15, -0.1) is 11.3 Å². The van der Waals surface area contributed by atoms with E-state index in [0.29, 0.717) is 49.6 Å². The minimum atomic E-state index is -0.778. The van der Waals surface area contributed by atoms with Crippen LogP contribution in [0.3, 0.4) is 0 Å². The number of rotatable bonds is 7. The maximum Gasteiger partial charge on any atom is 0.319 e. The minimum Gasteiger partial charge on any atom is -0.483 e. The highest BCUT2D eigenvalue weighted by Crippen LogP contribution is 2.53. The first-order chi connectivity index (χ1) is 24.2. The van der Waals surface area contributed by atoms with Crippen LogP contribution in [0.1, 0.15) is 44.6 Å². The average Bonchev–Trinajstić information content (AvgIpc) is 3.83. The highest BCUT2D eigenvalue weighted by molar-refractivity contribution is 7.23. The molecule has 4 aromatic rings. The molecule has 2 aromatic carbocycles. The monoisotopic (exact) mass is 721 g/mol. The van der Waals surface area contributed by atoms with Gasteiger partial charge >= 0.3 is 6.01 Å². The first-order valence-electron chi connectivity index (χ1n) is 16.9. The van der Waals surface area contributed by atoms with Gasteiger partial charge in [0, 0.05) is 29.6 Å². The first kappa shape index (κ1) is 31.9. The van der Waals surface area contributed by atoms with Gasteiger partial charge in [-0.05, 0) is 56.2 Å². The molecule has 50 heavy (non-hydrogen) atoms. The Morgan fingerprint density at radius 3 is 2.92 bits per heavy atom. The molecule has 0 spiro atoms. The number of ether oxygens (including phenoxy) is 3. The molecule has 2 unspecified atom stereocenters. The van der Waals surface area contributed by atoms with Crippen molar-refractivity contribution in [1.29, 1.82) is 5.26 Å². The fourth-order valence-electron chi connectivity index (χ4n) is 9.06. The van der Waals surface area contributed by atoms with Gasteiger partial charge in [0.2, 0.25) is 6.41 Å². The number of thiophene rings is 1. The van der Waals surface area contributed by atoms with Gasteiger partial charge in [-0.1, -0.05) is 24.6 Å². The molecule has 0 radical (unpaired) electrons. The van der Waals surface area contributed by atoms with Crippen molar-refractivity contribution in [1.82, 2.24) is 20.2 Å². The Balaban J connectivity index is 1.26. The number of nitriles is 1. The Labute approximate surface area is 295 Å². The molecule has 2 aromatic heterocycles. The van der Waals surface area contributed by atoms with Gasteiger partial charge in [-0.2, -0.15) is 15.2 Å². The third kappa shape index (κ3) is 4.66. The van der Waals surface area contributed by atoms with Crippen LogP contribution >= 0.6 is 22.9 Å². The molecule has 4 atom stereocenters. The number of carbonyl (C=O) groups excluding carboxylic acids is 1. The summed E-state index contributed by atoms with van der Waals surface area (Å²) >= 11 is 8.09. The topological polar surface area (TPSA) is 139 Å². The zero-order valence-electron chi connectivity index (χ0n) is 27.2. The number of aromatic nitrogens is 2. The molecule has 1 aliphatic carbocycles. The predicted molar refractivity (Wildman–Crippen MR) is 185 cm³/mol. The SMILES string of the molecule is C[C@H]1CN2CCC[C@@]2(COc2nc3c4c(c(Cl)c(-c5ccc(F)c6sc(N)c(C#N)c56)c(F)c4n2)OC2COCC2N3C2CC(NC=O)C2)C1. The second-order valence-corrected chi connectivity index (χ2v) is 15.7. The Bertz CT molecular complexity index is 2120. The highest BCUT2D eigenvalue weighted by atomic mass is 35.5. The quantitative estimate of drug-likeness (QED) is 0.239. The number of anilines is 2. The van der Waals surface area contributed by atoms with Gasteiger partial charge in [0.15, 0.2) is 11.6 Å². The number of hydrogen-bond acceptors (Lipinski definition) is 11. The van der Waals surface area contributed by atoms with E-state index in [0.717, 1.165) is 43.7 Å². The number of fused-ring (bicyclic) bond motifs is 3. The van der Waals surface area contributed by atoms with Crippen LogP contribution in [0.25, 0.3) is 32.1 Å². The summed E-state index contributed by atoms with van der Waals surface area (Å²) in [6.07, 6.45) is 4.57. The normalized spacial score (nSPS) is 28.5. The lowest BCUT2D eigenvalue weighted by molar-refractivity contribution is -0.110. The standard InChI is InChI=1S/C35H34ClF2N7O4S/c1-16-9-35(5-2-6-44(35)11-16)14-48-34-42-29-26-30(49-23-13-47-12-22(23)45(33(26)43-34)18-7-17(8-18)41-15-46)27(36)25(28(29)38)19-3-4-21(37)31-24(19)20(10-39)32(40)50-31/h3-4,15-18,22-23H,2,5-9,11-14,40H2,1H3,(H,41,46)/t16-,17?,18?,22?,23?,35+/m1/s1. The van der Waals surface area contributed by atoms with Gasteiger partial charge in [0.05, 0.1) is 45.5 Å². The molecule has 5 aliphatic rings. The first-order valence-corrected chi connectivity index (χ1v) is 18.1. The number of hydrogen-bond donors (Lipinski definition) is 2. The molecule has 9 rings (SSSR count). The van der Waals surface area contributed by atoms with Crippen LogP contribution in [0.15, 0.2) is 12.1 Å². The minimum absolute atomic E-state index is 0.0114. The Kier molecular flexibility index (Phi) is 7.51. The van der Waals surface area contributed by atoms with E-state index in [-0.39, 0.29) is 84.3 Å². The van der Waals surface area contributed by atoms with Crippen LogP contribution in [-0.4, -0.2) is 84.0 Å².